The van der Waals surface area contributed by atoms with E-state index in [0.29, 0.717) is 5.69 Å². The van der Waals surface area contributed by atoms with Crippen LogP contribution in [0.2, 0.25) is 0 Å². The lowest BCUT2D eigenvalue weighted by atomic mass is 10.0. The molecule has 1 aromatic carbocycles. The topological polar surface area (TPSA) is 124 Å². The molecule has 0 aromatic heterocycles. The Kier molecular flexibility index (Phi) is 4.20. The van der Waals surface area contributed by atoms with Crippen molar-refractivity contribution in [1.82, 2.24) is 4.90 Å². The molecule has 3 rings (SSSR count). The molecule has 8 nitrogen and oxygen atoms in total. The normalized spacial score (nSPS) is 22.3. The summed E-state index contributed by atoms with van der Waals surface area (Å²) in [4.78, 5) is 38.4. The quantitative estimate of drug-likeness (QED) is 0.650. The number of rotatable bonds is 4. The molecule has 126 valence electrons. The fourth-order valence-electron chi connectivity index (χ4n) is 2.69. The fourth-order valence-corrected chi connectivity index (χ4v) is 3.98. The third-order valence-electron chi connectivity index (χ3n) is 3.88. The first-order valence-electron chi connectivity index (χ1n) is 7.13. The largest absolute Gasteiger partial charge is 0.508 e. The van der Waals surface area contributed by atoms with E-state index in [1.807, 2.05) is 0 Å². The molecule has 2 heterocycles. The van der Waals surface area contributed by atoms with Crippen LogP contribution in [0.5, 0.6) is 5.75 Å². The summed E-state index contributed by atoms with van der Waals surface area (Å²) in [6.07, 6.45) is 1.32. The second-order valence-electron chi connectivity index (χ2n) is 5.34. The Morgan fingerprint density at radius 3 is 2.58 bits per heavy atom. The number of carbonyl (C=O) groups excluding carboxylic acids is 2. The number of hydrogen-bond donors (Lipinski definition) is 3. The minimum Gasteiger partial charge on any atom is -0.508 e. The van der Waals surface area contributed by atoms with Gasteiger partial charge >= 0.3 is 5.97 Å². The number of nitrogens with zero attached hydrogens (tertiary/aromatic N) is 2. The van der Waals surface area contributed by atoms with Crippen LogP contribution >= 0.6 is 11.8 Å². The second-order valence-corrected chi connectivity index (χ2v) is 6.44. The molecule has 1 fully saturated rings. The van der Waals surface area contributed by atoms with Crippen molar-refractivity contribution in [2.45, 2.75) is 11.4 Å². The molecular formula is C15H15N3O5S. The molecule has 0 aliphatic carbocycles. The molecule has 1 aromatic rings. The van der Waals surface area contributed by atoms with Gasteiger partial charge in [-0.25, -0.2) is 4.79 Å². The highest BCUT2D eigenvalue weighted by atomic mass is 32.2. The van der Waals surface area contributed by atoms with Crippen LogP contribution in [0, 0.1) is 0 Å². The third-order valence-corrected chi connectivity index (χ3v) is 5.18. The number of aliphatic carboxylic acids is 1. The number of carboxylic acid groups (broad SMARTS) is 1. The molecule has 2 aliphatic heterocycles. The van der Waals surface area contributed by atoms with E-state index in [0.717, 1.165) is 0 Å². The predicted molar refractivity (Wildman–Crippen MR) is 87.2 cm³/mol. The summed E-state index contributed by atoms with van der Waals surface area (Å²) in [5, 5.41) is 18.1. The number of carboxylic acids is 1. The number of fused-ring (bicyclic) bond motifs is 1. The van der Waals surface area contributed by atoms with Crippen LogP contribution in [0.3, 0.4) is 0 Å². The number of anilines is 1. The highest BCUT2D eigenvalue weighted by Gasteiger charge is 2.53. The van der Waals surface area contributed by atoms with Crippen molar-refractivity contribution in [3.8, 4) is 5.75 Å². The van der Waals surface area contributed by atoms with E-state index in [4.69, 9.17) is 10.8 Å². The van der Waals surface area contributed by atoms with Gasteiger partial charge in [-0.1, -0.05) is 0 Å². The van der Waals surface area contributed by atoms with E-state index in [-0.39, 0.29) is 34.9 Å². The summed E-state index contributed by atoms with van der Waals surface area (Å²) in [6.45, 7) is -0.266. The highest BCUT2D eigenvalue weighted by molar-refractivity contribution is 8.00. The van der Waals surface area contributed by atoms with Crippen LogP contribution < -0.4 is 10.6 Å². The summed E-state index contributed by atoms with van der Waals surface area (Å²) in [5.74, 6) is -1.55. The van der Waals surface area contributed by atoms with Gasteiger partial charge in [0, 0.05) is 17.6 Å². The minimum absolute atomic E-state index is 0.0431. The van der Waals surface area contributed by atoms with Crippen LogP contribution in [0.1, 0.15) is 0 Å². The molecule has 1 saturated heterocycles. The standard InChI is InChI=1S/C15H15N3O5S/c16-5-11(20)18(9-1-3-10(19)4-2-9)12-13(21)17-6-8(15(22)23)7-24-14(12)17/h1-4,6,12,14,19H,5,7,16H2,(H,22,23)/t12?,14-/m1/s1. The molecule has 24 heavy (non-hydrogen) atoms. The number of carbonyl (C=O) groups is 3. The Morgan fingerprint density at radius 2 is 2.00 bits per heavy atom. The molecule has 1 unspecified atom stereocenters. The lowest BCUT2D eigenvalue weighted by Crippen LogP contribution is -2.70. The first-order valence-corrected chi connectivity index (χ1v) is 8.18. The lowest BCUT2D eigenvalue weighted by Gasteiger charge is -2.50. The molecule has 0 saturated carbocycles. The zero-order valence-electron chi connectivity index (χ0n) is 12.5. The average molecular weight is 349 g/mol. The molecule has 0 bridgehead atoms. The fraction of sp³-hybridized carbons (Fsp3) is 0.267. The average Bonchev–Trinajstić information content (AvgIpc) is 2.58. The molecule has 2 aliphatic rings. The van der Waals surface area contributed by atoms with Crippen molar-refractivity contribution in [2.24, 2.45) is 5.73 Å². The summed E-state index contributed by atoms with van der Waals surface area (Å²) in [7, 11) is 0. The van der Waals surface area contributed by atoms with Gasteiger partial charge in [-0.05, 0) is 24.3 Å². The Hall–Kier alpha value is -2.52. The number of phenolic OH excluding ortho intramolecular Hbond substituents is 1. The van der Waals surface area contributed by atoms with Crippen molar-refractivity contribution in [1.29, 1.82) is 0 Å². The van der Waals surface area contributed by atoms with Crippen molar-refractivity contribution >= 4 is 35.2 Å². The monoisotopic (exact) mass is 349 g/mol. The Balaban J connectivity index is 1.91. The smallest absolute Gasteiger partial charge is 0.333 e. The number of phenols is 1. The Bertz CT molecular complexity index is 733. The van der Waals surface area contributed by atoms with Gasteiger partial charge in [-0.2, -0.15) is 0 Å². The third kappa shape index (κ3) is 2.61. The number of β-lactam (4-membered cyclic amide) rings is 1. The second kappa shape index (κ2) is 6.17. The first kappa shape index (κ1) is 16.3. The number of thioether (sulfide) groups is 1. The van der Waals surface area contributed by atoms with Gasteiger partial charge in [0.05, 0.1) is 12.1 Å². The van der Waals surface area contributed by atoms with Gasteiger partial charge in [-0.3, -0.25) is 14.5 Å². The number of amides is 2. The van der Waals surface area contributed by atoms with E-state index >= 15 is 0 Å². The van der Waals surface area contributed by atoms with Gasteiger partial charge in [-0.15, -0.1) is 11.8 Å². The Morgan fingerprint density at radius 1 is 1.33 bits per heavy atom. The number of hydrogen-bond acceptors (Lipinski definition) is 6. The molecular weight excluding hydrogens is 334 g/mol. The maximum atomic E-state index is 12.5. The van der Waals surface area contributed by atoms with Crippen LogP contribution in [-0.4, -0.2) is 56.6 Å². The number of nitrogens with two attached hydrogens (primary N) is 1. The number of aromatic hydroxyl groups is 1. The van der Waals surface area contributed by atoms with Gasteiger partial charge in [0.1, 0.15) is 17.2 Å². The predicted octanol–water partition coefficient (Wildman–Crippen LogP) is -0.0639. The van der Waals surface area contributed by atoms with E-state index in [2.05, 4.69) is 0 Å². The van der Waals surface area contributed by atoms with Crippen LogP contribution in [0.4, 0.5) is 5.69 Å². The van der Waals surface area contributed by atoms with E-state index < -0.39 is 17.9 Å². The summed E-state index contributed by atoms with van der Waals surface area (Å²) in [5.41, 5.74) is 6.07. The van der Waals surface area contributed by atoms with Crippen molar-refractivity contribution in [3.05, 3.63) is 36.0 Å². The van der Waals surface area contributed by atoms with Gasteiger partial charge < -0.3 is 20.8 Å². The van der Waals surface area contributed by atoms with E-state index in [9.17, 15) is 19.5 Å². The lowest BCUT2D eigenvalue weighted by molar-refractivity contribution is -0.142. The first-order chi connectivity index (χ1) is 11.4. The van der Waals surface area contributed by atoms with Crippen molar-refractivity contribution in [3.63, 3.8) is 0 Å². The molecule has 9 heteroatoms. The molecule has 0 spiro atoms. The maximum Gasteiger partial charge on any atom is 0.333 e. The summed E-state index contributed by atoms with van der Waals surface area (Å²) < 4.78 is 0. The molecule has 2 atom stereocenters. The van der Waals surface area contributed by atoms with Crippen LogP contribution in [0.15, 0.2) is 36.0 Å². The zero-order valence-corrected chi connectivity index (χ0v) is 13.3. The van der Waals surface area contributed by atoms with Crippen LogP contribution in [0.25, 0.3) is 0 Å². The molecule has 0 radical (unpaired) electrons. The van der Waals surface area contributed by atoms with Crippen LogP contribution in [-0.2, 0) is 14.4 Å². The van der Waals surface area contributed by atoms with Gasteiger partial charge in [0.15, 0.2) is 0 Å². The molecule has 4 N–H and O–H groups in total. The summed E-state index contributed by atoms with van der Waals surface area (Å²) in [6, 6.07) is 5.16. The highest BCUT2D eigenvalue weighted by Crippen LogP contribution is 2.40. The maximum absolute atomic E-state index is 12.5. The van der Waals surface area contributed by atoms with Crippen molar-refractivity contribution in [2.75, 3.05) is 17.2 Å². The number of benzene rings is 1. The summed E-state index contributed by atoms with van der Waals surface area (Å²) >= 11 is 1.29. The van der Waals surface area contributed by atoms with Gasteiger partial charge in [0.2, 0.25) is 5.91 Å². The Labute approximate surface area is 141 Å². The van der Waals surface area contributed by atoms with Crippen molar-refractivity contribution < 1.29 is 24.6 Å². The minimum atomic E-state index is -1.06. The van der Waals surface area contributed by atoms with E-state index in [1.54, 1.807) is 0 Å². The zero-order chi connectivity index (χ0) is 17.4. The SMILES string of the molecule is NCC(=O)N(c1ccc(O)cc1)C1C(=O)N2C=C(C(=O)O)CS[C@H]12. The van der Waals surface area contributed by atoms with Gasteiger partial charge in [0.25, 0.3) is 5.91 Å². The van der Waals surface area contributed by atoms with E-state index in [1.165, 1.54) is 52.0 Å². The molecule has 2 amide bonds.